The van der Waals surface area contributed by atoms with Gasteiger partial charge in [0.15, 0.2) is 6.29 Å². The van der Waals surface area contributed by atoms with Gasteiger partial charge in [-0.15, -0.1) is 0 Å². The van der Waals surface area contributed by atoms with Gasteiger partial charge in [-0.3, -0.25) is 4.79 Å². The van der Waals surface area contributed by atoms with Gasteiger partial charge in [-0.05, 0) is 18.6 Å². The van der Waals surface area contributed by atoms with Crippen LogP contribution >= 0.6 is 0 Å². The van der Waals surface area contributed by atoms with Crippen LogP contribution < -0.4 is 0 Å². The number of hydrogen-bond donors (Lipinski definition) is 0. The van der Waals surface area contributed by atoms with Gasteiger partial charge >= 0.3 is 0 Å². The van der Waals surface area contributed by atoms with Crippen molar-refractivity contribution in [3.05, 3.63) is 28.8 Å². The lowest BCUT2D eigenvalue weighted by Crippen LogP contribution is -2.02. The van der Waals surface area contributed by atoms with Gasteiger partial charge in [-0.25, -0.2) is 13.8 Å². The molecule has 0 aliphatic heterocycles. The zero-order valence-corrected chi connectivity index (χ0v) is 6.72. The van der Waals surface area contributed by atoms with Crippen LogP contribution in [0, 0.1) is 12.9 Å². The topological polar surface area (TPSA) is 30.0 Å². The van der Waals surface area contributed by atoms with E-state index in [4.69, 9.17) is 0 Å². The molecule has 1 aromatic rings. The van der Waals surface area contributed by atoms with Crippen molar-refractivity contribution < 1.29 is 18.0 Å². The standard InChI is InChI=1S/C8H6F3NO/c1-4-2-6(9)12-5(3-13)7(4)8(10)11/h2-3,8H,1H3. The summed E-state index contributed by atoms with van der Waals surface area (Å²) in [7, 11) is 0. The van der Waals surface area contributed by atoms with Crippen molar-refractivity contribution in [1.82, 2.24) is 4.98 Å². The number of aromatic nitrogens is 1. The van der Waals surface area contributed by atoms with Crippen molar-refractivity contribution in [1.29, 1.82) is 0 Å². The third-order valence-corrected chi connectivity index (χ3v) is 1.59. The van der Waals surface area contributed by atoms with Crippen LogP contribution in [-0.4, -0.2) is 11.3 Å². The van der Waals surface area contributed by atoms with Crippen LogP contribution in [0.5, 0.6) is 0 Å². The highest BCUT2D eigenvalue weighted by Gasteiger charge is 2.17. The van der Waals surface area contributed by atoms with E-state index in [-0.39, 0.29) is 11.8 Å². The Hall–Kier alpha value is -1.39. The van der Waals surface area contributed by atoms with Crippen molar-refractivity contribution in [2.24, 2.45) is 0 Å². The summed E-state index contributed by atoms with van der Waals surface area (Å²) >= 11 is 0. The molecule has 0 unspecified atom stereocenters. The van der Waals surface area contributed by atoms with Crippen molar-refractivity contribution >= 4 is 6.29 Å². The van der Waals surface area contributed by atoms with Gasteiger partial charge in [0, 0.05) is 5.56 Å². The third-order valence-electron chi connectivity index (χ3n) is 1.59. The van der Waals surface area contributed by atoms with E-state index in [0.717, 1.165) is 6.07 Å². The molecule has 1 rings (SSSR count). The Bertz CT molecular complexity index is 338. The number of aldehydes is 1. The van der Waals surface area contributed by atoms with E-state index in [1.165, 1.54) is 6.92 Å². The van der Waals surface area contributed by atoms with E-state index >= 15 is 0 Å². The minimum atomic E-state index is -2.81. The molecule has 0 N–H and O–H groups in total. The van der Waals surface area contributed by atoms with E-state index in [1.807, 2.05) is 0 Å². The first-order valence-electron chi connectivity index (χ1n) is 3.46. The number of pyridine rings is 1. The number of nitrogens with zero attached hydrogens (tertiary/aromatic N) is 1. The predicted octanol–water partition coefficient (Wildman–Crippen LogP) is 2.28. The molecule has 0 aliphatic carbocycles. The zero-order valence-electron chi connectivity index (χ0n) is 6.72. The normalized spacial score (nSPS) is 10.5. The summed E-state index contributed by atoms with van der Waals surface area (Å²) < 4.78 is 37.1. The van der Waals surface area contributed by atoms with Crippen LogP contribution in [-0.2, 0) is 0 Å². The fourth-order valence-electron chi connectivity index (χ4n) is 1.04. The molecule has 0 atom stereocenters. The summed E-state index contributed by atoms with van der Waals surface area (Å²) in [4.78, 5) is 13.3. The maximum atomic E-state index is 12.5. The lowest BCUT2D eigenvalue weighted by Gasteiger charge is -2.06. The van der Waals surface area contributed by atoms with E-state index in [1.54, 1.807) is 0 Å². The van der Waals surface area contributed by atoms with E-state index in [9.17, 15) is 18.0 Å². The average Bonchev–Trinajstić information content (AvgIpc) is 2.01. The number of alkyl halides is 2. The summed E-state index contributed by atoms with van der Waals surface area (Å²) in [6.45, 7) is 1.30. The summed E-state index contributed by atoms with van der Waals surface area (Å²) in [6.07, 6.45) is -2.69. The van der Waals surface area contributed by atoms with Crippen molar-refractivity contribution in [2.45, 2.75) is 13.3 Å². The largest absolute Gasteiger partial charge is 0.296 e. The fourth-order valence-corrected chi connectivity index (χ4v) is 1.04. The molecular formula is C8H6F3NO. The second-order valence-corrected chi connectivity index (χ2v) is 2.48. The lowest BCUT2D eigenvalue weighted by atomic mass is 10.1. The van der Waals surface area contributed by atoms with Gasteiger partial charge in [0.05, 0.1) is 0 Å². The Kier molecular flexibility index (Phi) is 2.65. The van der Waals surface area contributed by atoms with E-state index in [2.05, 4.69) is 4.98 Å². The van der Waals surface area contributed by atoms with Crippen molar-refractivity contribution in [3.8, 4) is 0 Å². The number of aryl methyl sites for hydroxylation is 1. The first-order chi connectivity index (χ1) is 6.06. The Morgan fingerprint density at radius 2 is 2.15 bits per heavy atom. The van der Waals surface area contributed by atoms with Gasteiger partial charge in [-0.2, -0.15) is 4.39 Å². The van der Waals surface area contributed by atoms with E-state index in [0.29, 0.717) is 0 Å². The molecule has 5 heteroatoms. The van der Waals surface area contributed by atoms with Crippen LogP contribution in [0.4, 0.5) is 13.2 Å². The van der Waals surface area contributed by atoms with Crippen LogP contribution in [0.15, 0.2) is 6.07 Å². The second-order valence-electron chi connectivity index (χ2n) is 2.48. The molecular weight excluding hydrogens is 183 g/mol. The Morgan fingerprint density at radius 1 is 1.54 bits per heavy atom. The maximum absolute atomic E-state index is 12.5. The highest BCUT2D eigenvalue weighted by Crippen LogP contribution is 2.24. The first-order valence-corrected chi connectivity index (χ1v) is 3.46. The monoisotopic (exact) mass is 189 g/mol. The van der Waals surface area contributed by atoms with Gasteiger partial charge in [0.25, 0.3) is 6.43 Å². The molecule has 0 radical (unpaired) electrons. The molecule has 1 heterocycles. The third kappa shape index (κ3) is 1.85. The molecule has 1 aromatic heterocycles. The quantitative estimate of drug-likeness (QED) is 0.527. The lowest BCUT2D eigenvalue weighted by molar-refractivity contribution is 0.110. The van der Waals surface area contributed by atoms with Gasteiger partial charge in [0.2, 0.25) is 5.95 Å². The fraction of sp³-hybridized carbons (Fsp3) is 0.250. The molecule has 0 saturated carbocycles. The van der Waals surface area contributed by atoms with Crippen LogP contribution in [0.2, 0.25) is 0 Å². The van der Waals surface area contributed by atoms with Gasteiger partial charge < -0.3 is 0 Å². The Morgan fingerprint density at radius 3 is 2.62 bits per heavy atom. The molecule has 70 valence electrons. The molecule has 0 aliphatic rings. The molecule has 0 aromatic carbocycles. The van der Waals surface area contributed by atoms with Crippen molar-refractivity contribution in [2.75, 3.05) is 0 Å². The second kappa shape index (κ2) is 3.55. The molecule has 0 spiro atoms. The number of carbonyl (C=O) groups is 1. The smallest absolute Gasteiger partial charge is 0.266 e. The molecule has 0 saturated heterocycles. The minimum absolute atomic E-state index is 0.0320. The summed E-state index contributed by atoms with van der Waals surface area (Å²) in [5.74, 6) is -0.927. The first kappa shape index (κ1) is 9.70. The molecule has 0 fully saturated rings. The molecule has 0 amide bonds. The van der Waals surface area contributed by atoms with Crippen molar-refractivity contribution in [3.63, 3.8) is 0 Å². The maximum Gasteiger partial charge on any atom is 0.266 e. The predicted molar refractivity (Wildman–Crippen MR) is 39.3 cm³/mol. The Balaban J connectivity index is 3.38. The zero-order chi connectivity index (χ0) is 10.0. The average molecular weight is 189 g/mol. The van der Waals surface area contributed by atoms with Crippen LogP contribution in [0.1, 0.15) is 28.0 Å². The van der Waals surface area contributed by atoms with Crippen LogP contribution in [0.3, 0.4) is 0 Å². The summed E-state index contributed by atoms with van der Waals surface area (Å²) in [5.41, 5.74) is -1.01. The summed E-state index contributed by atoms with van der Waals surface area (Å²) in [5, 5.41) is 0. The van der Waals surface area contributed by atoms with E-state index < -0.39 is 23.6 Å². The SMILES string of the molecule is Cc1cc(F)nc(C=O)c1C(F)F. The number of hydrogen-bond acceptors (Lipinski definition) is 2. The van der Waals surface area contributed by atoms with Gasteiger partial charge in [0.1, 0.15) is 5.69 Å². The van der Waals surface area contributed by atoms with Crippen LogP contribution in [0.25, 0.3) is 0 Å². The molecule has 2 nitrogen and oxygen atoms in total. The number of carbonyl (C=O) groups excluding carboxylic acids is 1. The Labute approximate surface area is 72.4 Å². The minimum Gasteiger partial charge on any atom is -0.296 e. The number of rotatable bonds is 2. The van der Waals surface area contributed by atoms with Gasteiger partial charge in [-0.1, -0.05) is 0 Å². The number of halogens is 3. The molecule has 13 heavy (non-hydrogen) atoms. The highest BCUT2D eigenvalue weighted by atomic mass is 19.3. The molecule has 0 bridgehead atoms. The summed E-state index contributed by atoms with van der Waals surface area (Å²) in [6, 6.07) is 0.870. The highest BCUT2D eigenvalue weighted by molar-refractivity contribution is 5.75.